The molecule has 1 heterocycles. The van der Waals surface area contributed by atoms with Crippen molar-refractivity contribution in [1.29, 1.82) is 0 Å². The number of carbonyl (C=O) groups is 1. The first-order valence-electron chi connectivity index (χ1n) is 11.9. The number of hydrogen-bond acceptors (Lipinski definition) is 6. The summed E-state index contributed by atoms with van der Waals surface area (Å²) in [6.07, 6.45) is 1.63. The first-order valence-corrected chi connectivity index (χ1v) is 13.3. The molecule has 4 rings (SSSR count). The molecule has 0 saturated carbocycles. The van der Waals surface area contributed by atoms with E-state index in [0.717, 1.165) is 22.6 Å². The van der Waals surface area contributed by atoms with Gasteiger partial charge in [-0.15, -0.1) is 10.2 Å². The Morgan fingerprint density at radius 3 is 2.41 bits per heavy atom. The molecule has 1 aromatic heterocycles. The molecule has 0 aliphatic carbocycles. The minimum absolute atomic E-state index is 0.124. The van der Waals surface area contributed by atoms with Gasteiger partial charge in [-0.1, -0.05) is 61.5 Å². The predicted octanol–water partition coefficient (Wildman–Crippen LogP) is 6.35. The minimum atomic E-state index is -0.241. The number of nitrogens with zero attached hydrogens (tertiary/aromatic N) is 4. The predicted molar refractivity (Wildman–Crippen MR) is 150 cm³/mol. The largest absolute Gasteiger partial charge is 0.494 e. The lowest BCUT2D eigenvalue weighted by atomic mass is 10.0. The third-order valence-corrected chi connectivity index (χ3v) is 6.66. The van der Waals surface area contributed by atoms with Gasteiger partial charge in [0.2, 0.25) is 0 Å². The van der Waals surface area contributed by atoms with Crippen LogP contribution in [0.3, 0.4) is 0 Å². The molecule has 0 aliphatic heterocycles. The zero-order valence-electron chi connectivity index (χ0n) is 20.9. The number of carbonyl (C=O) groups excluding carboxylic acids is 1. The molecule has 0 radical (unpaired) electrons. The van der Waals surface area contributed by atoms with E-state index in [1.807, 2.05) is 72.2 Å². The second kappa shape index (κ2) is 12.6. The standard InChI is InChI=1S/C28H28ClN5O2S/c1-4-36-25-15-13-24(14-16-25)34-27(22-9-11-23(29)12-10-22)32-33-28(34)37-18-26(35)31-30-17-20-5-7-21(8-6-20)19(2)3/h5-17,19H,4,18H2,1-3H3,(H,31,35)/b30-17+. The third kappa shape index (κ3) is 6.99. The zero-order valence-corrected chi connectivity index (χ0v) is 22.5. The zero-order chi connectivity index (χ0) is 26.2. The molecule has 7 nitrogen and oxygen atoms in total. The summed E-state index contributed by atoms with van der Waals surface area (Å²) < 4.78 is 7.49. The Kier molecular flexibility index (Phi) is 8.98. The van der Waals surface area contributed by atoms with Crippen molar-refractivity contribution in [1.82, 2.24) is 20.2 Å². The van der Waals surface area contributed by atoms with Crippen LogP contribution in [0.4, 0.5) is 0 Å². The fourth-order valence-corrected chi connectivity index (χ4v) is 4.42. The van der Waals surface area contributed by atoms with E-state index in [1.165, 1.54) is 17.3 Å². The summed E-state index contributed by atoms with van der Waals surface area (Å²) in [6.45, 7) is 6.83. The highest BCUT2D eigenvalue weighted by Crippen LogP contribution is 2.29. The van der Waals surface area contributed by atoms with Crippen LogP contribution in [-0.2, 0) is 4.79 Å². The van der Waals surface area contributed by atoms with Crippen LogP contribution in [0.5, 0.6) is 5.75 Å². The molecule has 1 amide bonds. The molecule has 0 bridgehead atoms. The van der Waals surface area contributed by atoms with E-state index < -0.39 is 0 Å². The Bertz CT molecular complexity index is 1350. The second-order valence-corrected chi connectivity index (χ2v) is 9.86. The van der Waals surface area contributed by atoms with E-state index >= 15 is 0 Å². The number of aromatic nitrogens is 3. The maximum Gasteiger partial charge on any atom is 0.250 e. The van der Waals surface area contributed by atoms with Gasteiger partial charge in [0.1, 0.15) is 5.75 Å². The molecular formula is C28H28ClN5O2S. The quantitative estimate of drug-likeness (QED) is 0.146. The molecule has 3 aromatic carbocycles. The number of thioether (sulfide) groups is 1. The average molecular weight is 534 g/mol. The molecule has 9 heteroatoms. The molecule has 190 valence electrons. The maximum absolute atomic E-state index is 12.5. The van der Waals surface area contributed by atoms with Crippen molar-refractivity contribution in [2.24, 2.45) is 5.10 Å². The van der Waals surface area contributed by atoms with E-state index in [2.05, 4.69) is 46.7 Å². The lowest BCUT2D eigenvalue weighted by Crippen LogP contribution is -2.20. The van der Waals surface area contributed by atoms with Crippen LogP contribution in [0.15, 0.2) is 83.1 Å². The first-order chi connectivity index (χ1) is 17.9. The van der Waals surface area contributed by atoms with E-state index in [4.69, 9.17) is 16.3 Å². The van der Waals surface area contributed by atoms with Crippen molar-refractivity contribution in [2.75, 3.05) is 12.4 Å². The highest BCUT2D eigenvalue weighted by molar-refractivity contribution is 7.99. The van der Waals surface area contributed by atoms with Crippen LogP contribution in [-0.4, -0.2) is 39.2 Å². The summed E-state index contributed by atoms with van der Waals surface area (Å²) in [7, 11) is 0. The summed E-state index contributed by atoms with van der Waals surface area (Å²) in [4.78, 5) is 12.5. The third-order valence-electron chi connectivity index (χ3n) is 5.48. The van der Waals surface area contributed by atoms with Gasteiger partial charge < -0.3 is 4.74 Å². The average Bonchev–Trinajstić information content (AvgIpc) is 3.33. The normalized spacial score (nSPS) is 11.3. The van der Waals surface area contributed by atoms with Crippen molar-refractivity contribution in [2.45, 2.75) is 31.8 Å². The van der Waals surface area contributed by atoms with Crippen molar-refractivity contribution in [3.05, 3.63) is 88.9 Å². The molecule has 4 aromatic rings. The van der Waals surface area contributed by atoms with Gasteiger partial charge in [0.05, 0.1) is 18.6 Å². The van der Waals surface area contributed by atoms with Crippen LogP contribution < -0.4 is 10.2 Å². The molecule has 0 spiro atoms. The Labute approximate surface area is 225 Å². The Balaban J connectivity index is 1.48. The smallest absolute Gasteiger partial charge is 0.250 e. The number of hydrazone groups is 1. The van der Waals surface area contributed by atoms with Crippen molar-refractivity contribution >= 4 is 35.5 Å². The lowest BCUT2D eigenvalue weighted by Gasteiger charge is -2.11. The monoisotopic (exact) mass is 533 g/mol. The van der Waals surface area contributed by atoms with E-state index in [0.29, 0.717) is 28.5 Å². The second-order valence-electron chi connectivity index (χ2n) is 8.48. The summed E-state index contributed by atoms with van der Waals surface area (Å²) in [5, 5.41) is 14.1. The van der Waals surface area contributed by atoms with Crippen LogP contribution >= 0.6 is 23.4 Å². The number of amides is 1. The van der Waals surface area contributed by atoms with E-state index in [-0.39, 0.29) is 11.7 Å². The van der Waals surface area contributed by atoms with Crippen molar-refractivity contribution < 1.29 is 9.53 Å². The van der Waals surface area contributed by atoms with Gasteiger partial charge in [-0.3, -0.25) is 9.36 Å². The molecule has 37 heavy (non-hydrogen) atoms. The molecule has 1 N–H and O–H groups in total. The molecular weight excluding hydrogens is 506 g/mol. The van der Waals surface area contributed by atoms with Gasteiger partial charge in [0.15, 0.2) is 11.0 Å². The Morgan fingerprint density at radius 2 is 1.76 bits per heavy atom. The molecule has 0 atom stereocenters. The Hall–Kier alpha value is -3.62. The fraction of sp³-hybridized carbons (Fsp3) is 0.214. The van der Waals surface area contributed by atoms with Crippen molar-refractivity contribution in [3.63, 3.8) is 0 Å². The SMILES string of the molecule is CCOc1ccc(-n2c(SCC(=O)N/N=C/c3ccc(C(C)C)cc3)nnc2-c2ccc(Cl)cc2)cc1. The van der Waals surface area contributed by atoms with Gasteiger partial charge in [0, 0.05) is 16.3 Å². The lowest BCUT2D eigenvalue weighted by molar-refractivity contribution is -0.118. The van der Waals surface area contributed by atoms with Crippen LogP contribution in [0.25, 0.3) is 17.1 Å². The molecule has 0 saturated heterocycles. The molecule has 0 unspecified atom stereocenters. The van der Waals surface area contributed by atoms with Gasteiger partial charge in [-0.25, -0.2) is 5.43 Å². The topological polar surface area (TPSA) is 81.4 Å². The first kappa shape index (κ1) is 26.4. The van der Waals surface area contributed by atoms with Gasteiger partial charge in [0.25, 0.3) is 5.91 Å². The number of ether oxygens (including phenoxy) is 1. The van der Waals surface area contributed by atoms with Gasteiger partial charge in [-0.05, 0) is 72.5 Å². The van der Waals surface area contributed by atoms with Crippen LogP contribution in [0.2, 0.25) is 5.02 Å². The highest BCUT2D eigenvalue weighted by atomic mass is 35.5. The van der Waals surface area contributed by atoms with Gasteiger partial charge in [-0.2, -0.15) is 5.10 Å². The summed E-state index contributed by atoms with van der Waals surface area (Å²) in [5.74, 6) is 1.77. The number of hydrogen-bond donors (Lipinski definition) is 1. The summed E-state index contributed by atoms with van der Waals surface area (Å²) in [5.41, 5.74) is 6.47. The number of nitrogens with one attached hydrogen (secondary N) is 1. The Morgan fingerprint density at radius 1 is 1.05 bits per heavy atom. The summed E-state index contributed by atoms with van der Waals surface area (Å²) in [6, 6.07) is 23.2. The highest BCUT2D eigenvalue weighted by Gasteiger charge is 2.17. The van der Waals surface area contributed by atoms with Crippen molar-refractivity contribution in [3.8, 4) is 22.8 Å². The number of benzene rings is 3. The van der Waals surface area contributed by atoms with E-state index in [9.17, 15) is 4.79 Å². The molecule has 0 aliphatic rings. The van der Waals surface area contributed by atoms with Gasteiger partial charge >= 0.3 is 0 Å². The summed E-state index contributed by atoms with van der Waals surface area (Å²) >= 11 is 7.36. The minimum Gasteiger partial charge on any atom is -0.494 e. The van der Waals surface area contributed by atoms with Crippen LogP contribution in [0.1, 0.15) is 37.8 Å². The number of halogens is 1. The molecule has 0 fully saturated rings. The fourth-order valence-electron chi connectivity index (χ4n) is 3.55. The van der Waals surface area contributed by atoms with Crippen LogP contribution in [0, 0.1) is 0 Å². The maximum atomic E-state index is 12.5. The van der Waals surface area contributed by atoms with E-state index in [1.54, 1.807) is 6.21 Å². The number of rotatable bonds is 10.